The number of ketones is 2. The van der Waals surface area contributed by atoms with E-state index in [2.05, 4.69) is 81.2 Å². The third-order valence-electron chi connectivity index (χ3n) is 17.4. The maximum Gasteiger partial charge on any atom is 0.415 e. The number of hydrogen-bond acceptors (Lipinski definition) is 32. The Labute approximate surface area is 715 Å². The number of amides is 3. The van der Waals surface area contributed by atoms with Crippen molar-refractivity contribution in [3.8, 4) is 29.4 Å². The molecule has 0 saturated heterocycles. The van der Waals surface area contributed by atoms with Crippen molar-refractivity contribution in [1.29, 1.82) is 0 Å². The molecule has 3 saturated carbocycles. The maximum atomic E-state index is 12.9. The van der Waals surface area contributed by atoms with E-state index >= 15 is 0 Å². The number of carbonyl (C=O) groups is 5. The van der Waals surface area contributed by atoms with Gasteiger partial charge in [-0.25, -0.2) is 54.0 Å². The number of fused-ring (bicyclic) bond motifs is 3. The van der Waals surface area contributed by atoms with Gasteiger partial charge in [0.15, 0.2) is 22.9 Å². The highest BCUT2D eigenvalue weighted by Crippen LogP contribution is 2.37. The van der Waals surface area contributed by atoms with Crippen LogP contribution in [0.1, 0.15) is 124 Å². The van der Waals surface area contributed by atoms with Crippen molar-refractivity contribution in [1.82, 2.24) is 74.0 Å². The van der Waals surface area contributed by atoms with Gasteiger partial charge in [-0.3, -0.25) is 44.4 Å². The highest BCUT2D eigenvalue weighted by atomic mass is 35.5. The Hall–Kier alpha value is -14.4. The van der Waals surface area contributed by atoms with Crippen molar-refractivity contribution in [3.05, 3.63) is 200 Å². The lowest BCUT2D eigenvalue weighted by Crippen LogP contribution is -2.35. The number of rotatable bonds is 22. The molecular weight excluding hydrogens is 1640 g/mol. The number of methoxy groups -OCH3 is 5. The molecule has 3 aliphatic carbocycles. The van der Waals surface area contributed by atoms with E-state index in [1.54, 1.807) is 174 Å². The third-order valence-corrected chi connectivity index (χ3v) is 17.9. The molecule has 42 heteroatoms. The molecule has 3 aliphatic rings. The number of nitrogens with zero attached hydrogens (tertiary/aromatic N) is 18. The second-order valence-corrected chi connectivity index (χ2v) is 29.9. The molecule has 3 fully saturated rings. The topological polar surface area (TPSA) is 498 Å². The zero-order valence-electron chi connectivity index (χ0n) is 69.8. The van der Waals surface area contributed by atoms with E-state index in [1.165, 1.54) is 82.1 Å². The molecule has 12 aromatic rings. The SMILES string of the molecule is CN(C(=O)OC(C)(C)C)c1cc(Cl)cc2c(C(=O)NC3CC3)cnn12.CNc1cc(Nc2cccnc2OC)nc2c(C(=O)CC3CC3)cnn12.COc1ncccc1N.COc1ncccc1N.COc1ncccc1Nc1cc(N(C)C(=O)OC(C)(C)C)n2ncc(C(=O)CC3CC3)c2n1.COc1ncccc1[N+](=O)[O-].O=[N+]([O-])c1cccnc1Cl. The summed E-state index contributed by atoms with van der Waals surface area (Å²) in [6.07, 6.45) is 20.3. The van der Waals surface area contributed by atoms with E-state index in [0.717, 1.165) is 44.3 Å². The number of nitro groups is 2. The van der Waals surface area contributed by atoms with Crippen molar-refractivity contribution in [2.24, 2.45) is 11.8 Å². The molecule has 0 bridgehead atoms. The van der Waals surface area contributed by atoms with Crippen LogP contribution < -0.4 is 66.2 Å². The molecule has 8 N–H and O–H groups in total. The number of nitrogens with two attached hydrogens (primary N) is 2. The van der Waals surface area contributed by atoms with Crippen LogP contribution in [0.2, 0.25) is 10.2 Å². The Morgan fingerprint density at radius 3 is 1.32 bits per heavy atom. The van der Waals surface area contributed by atoms with Crippen LogP contribution in [-0.2, 0) is 9.47 Å². The van der Waals surface area contributed by atoms with E-state index in [4.69, 9.17) is 63.1 Å². The van der Waals surface area contributed by atoms with E-state index < -0.39 is 33.2 Å². The van der Waals surface area contributed by atoms with E-state index in [-0.39, 0.29) is 45.9 Å². The summed E-state index contributed by atoms with van der Waals surface area (Å²) < 4.78 is 40.4. The molecule has 123 heavy (non-hydrogen) atoms. The minimum Gasteiger partial charge on any atom is -0.480 e. The lowest BCUT2D eigenvalue weighted by molar-refractivity contribution is -0.386. The number of nitrogens with one attached hydrogen (secondary N) is 4. The number of anilines is 9. The van der Waals surface area contributed by atoms with Gasteiger partial charge in [-0.05, 0) is 165 Å². The van der Waals surface area contributed by atoms with Gasteiger partial charge in [-0.1, -0.05) is 23.2 Å². The summed E-state index contributed by atoms with van der Waals surface area (Å²) in [7, 11) is 12.5. The summed E-state index contributed by atoms with van der Waals surface area (Å²) in [5, 5.41) is 46.1. The largest absolute Gasteiger partial charge is 0.480 e. The Bertz CT molecular complexity index is 5670. The predicted octanol–water partition coefficient (Wildman–Crippen LogP) is 14.4. The molecule has 15 rings (SSSR count). The van der Waals surface area contributed by atoms with Gasteiger partial charge in [0, 0.05) is 106 Å². The van der Waals surface area contributed by atoms with Gasteiger partial charge in [0.1, 0.15) is 51.7 Å². The second-order valence-electron chi connectivity index (χ2n) is 29.2. The van der Waals surface area contributed by atoms with Crippen LogP contribution in [0.15, 0.2) is 153 Å². The number of Topliss-reactive ketones (excluding diaryl/α,β-unsaturated/α-hetero) is 2. The highest BCUT2D eigenvalue weighted by Gasteiger charge is 2.32. The van der Waals surface area contributed by atoms with Crippen molar-refractivity contribution in [2.45, 2.75) is 110 Å². The first-order valence-electron chi connectivity index (χ1n) is 38.0. The molecule has 12 heterocycles. The van der Waals surface area contributed by atoms with Crippen molar-refractivity contribution in [3.63, 3.8) is 0 Å². The summed E-state index contributed by atoms with van der Waals surface area (Å²) in [5.41, 5.74) is 14.6. The van der Waals surface area contributed by atoms with E-state index in [9.17, 15) is 44.2 Å². The van der Waals surface area contributed by atoms with Crippen LogP contribution in [0.5, 0.6) is 29.4 Å². The smallest absolute Gasteiger partial charge is 0.415 e. The third kappa shape index (κ3) is 26.3. The lowest BCUT2D eigenvalue weighted by Gasteiger charge is -2.25. The minimum atomic E-state index is -0.669. The van der Waals surface area contributed by atoms with Crippen molar-refractivity contribution < 1.29 is 67.0 Å². The predicted molar refractivity (Wildman–Crippen MR) is 461 cm³/mol. The van der Waals surface area contributed by atoms with Crippen LogP contribution in [0.3, 0.4) is 0 Å². The average Bonchev–Trinajstić information content (AvgIpc) is 1.65. The van der Waals surface area contributed by atoms with Gasteiger partial charge in [0.25, 0.3) is 11.8 Å². The van der Waals surface area contributed by atoms with Crippen LogP contribution in [-0.4, -0.2) is 182 Å². The number of halogens is 2. The van der Waals surface area contributed by atoms with E-state index in [1.807, 2.05) is 18.2 Å². The summed E-state index contributed by atoms with van der Waals surface area (Å²) in [5.74, 6) is 5.22. The van der Waals surface area contributed by atoms with Crippen molar-refractivity contribution in [2.75, 3.05) is 93.9 Å². The summed E-state index contributed by atoms with van der Waals surface area (Å²) in [4.78, 5) is 117. The van der Waals surface area contributed by atoms with Gasteiger partial charge < -0.3 is 65.9 Å². The van der Waals surface area contributed by atoms with Gasteiger partial charge >= 0.3 is 23.6 Å². The zero-order valence-corrected chi connectivity index (χ0v) is 71.3. The number of pyridine rings is 7. The van der Waals surface area contributed by atoms with Crippen LogP contribution in [0, 0.1) is 32.1 Å². The fourth-order valence-corrected chi connectivity index (χ4v) is 11.3. The molecule has 0 unspecified atom stereocenters. The van der Waals surface area contributed by atoms with Gasteiger partial charge in [-0.2, -0.15) is 24.3 Å². The Morgan fingerprint density at radius 1 is 0.512 bits per heavy atom. The number of hydrogen-bond donors (Lipinski definition) is 6. The molecular formula is C81H94Cl2N24O16. The minimum absolute atomic E-state index is 0.0121. The van der Waals surface area contributed by atoms with Crippen LogP contribution >= 0.6 is 23.2 Å². The van der Waals surface area contributed by atoms with E-state index in [0.29, 0.717) is 133 Å². The van der Waals surface area contributed by atoms with Gasteiger partial charge in [0.2, 0.25) is 28.7 Å². The fourth-order valence-electron chi connectivity index (χ4n) is 10.9. The summed E-state index contributed by atoms with van der Waals surface area (Å²) in [6.45, 7) is 10.8. The number of carbonyl (C=O) groups excluding carboxylic acids is 5. The summed E-state index contributed by atoms with van der Waals surface area (Å²) in [6, 6.07) is 26.8. The average molecular weight is 1730 g/mol. The molecule has 0 atom stereocenters. The van der Waals surface area contributed by atoms with Gasteiger partial charge in [0.05, 0.1) is 97.6 Å². The maximum absolute atomic E-state index is 12.9. The molecule has 40 nitrogen and oxygen atoms in total. The first-order chi connectivity index (χ1) is 58.7. The standard InChI is InChI=1S/C23H28N6O4.C18H20N6O2.C17H21ClN4O3.C6H6N2O3.2C6H8N2O.C5H3ClN2O2/c1-23(2,3)33-22(31)28(4)19-12-18(26-16-7-6-10-24-21(16)32-5)27-20-15(13-25-29(19)20)17(30)11-14-8-9-14;1-19-16-9-15(22-13-4-3-7-20-18(13)26-2)23-17-12(10-21-24(16)17)14(25)8-11-5-6-11;1-17(2,3)25-16(24)21(4)14-8-10(18)7-13-12(9-19-22(13)14)15(23)20-11-5-6-11;1-11-6-5(8(9)10)3-2-4-7-6;2*1-9-6-5(7)3-2-4-8-6;6-5-4(8(9)10)2-1-3-7-5/h6-7,10,12-14H,8-9,11H2,1-5H3,(H,26,27);3-4,7,9-11,19H,5-6,8H2,1-2H3,(H,22,23);7-9,11H,5-6H2,1-4H3,(H,20,23);2-4H,1H3;2*2-4H,7H2,1H3;1-3H. The normalized spacial score (nSPS) is 12.4. The Morgan fingerprint density at radius 2 is 0.911 bits per heavy atom. The van der Waals surface area contributed by atoms with Crippen LogP contribution in [0.4, 0.5) is 72.8 Å². The number of nitrogen functional groups attached to an aromatic ring is 2. The Kier molecular flexibility index (Phi) is 31.9. The zero-order chi connectivity index (χ0) is 89.4. The van der Waals surface area contributed by atoms with Crippen molar-refractivity contribution >= 4 is 133 Å². The first-order valence-corrected chi connectivity index (χ1v) is 38.7. The molecule has 0 spiro atoms. The van der Waals surface area contributed by atoms with Crippen LogP contribution in [0.25, 0.3) is 16.8 Å². The second kappa shape index (κ2) is 42.5. The molecule has 648 valence electrons. The molecule has 0 radical (unpaired) electrons. The Balaban J connectivity index is 0.000000173. The molecule has 3 amide bonds. The molecule has 0 aromatic carbocycles. The quantitative estimate of drug-likeness (QED) is 0.0159. The molecule has 12 aromatic heterocycles. The first kappa shape index (κ1) is 92.4. The summed E-state index contributed by atoms with van der Waals surface area (Å²) >= 11 is 11.6. The monoisotopic (exact) mass is 1730 g/mol. The number of aromatic nitrogens is 14. The molecule has 0 aliphatic heterocycles. The number of ether oxygens (including phenoxy) is 7. The fraction of sp³-hybridized carbons (Fsp3) is 0.333. The highest BCUT2D eigenvalue weighted by molar-refractivity contribution is 6.31. The van der Waals surface area contributed by atoms with Gasteiger partial charge in [-0.15, -0.1) is 0 Å². The lowest BCUT2D eigenvalue weighted by atomic mass is 10.1.